The molecule has 0 heterocycles. The molecule has 0 aliphatic heterocycles. The van der Waals surface area contributed by atoms with Gasteiger partial charge in [-0.05, 0) is 25.8 Å². The van der Waals surface area contributed by atoms with Gasteiger partial charge >= 0.3 is 0 Å². The molecule has 0 saturated carbocycles. The van der Waals surface area contributed by atoms with Crippen LogP contribution < -0.4 is 0 Å². The first-order chi connectivity index (χ1) is 7.11. The highest BCUT2D eigenvalue weighted by atomic mass is 32.2. The average molecular weight is 270 g/mol. The Morgan fingerprint density at radius 3 is 1.81 bits per heavy atom. The Hall–Kier alpha value is -0.700. The fourth-order valence-electron chi connectivity index (χ4n) is 1.15. The third kappa shape index (κ3) is 5.40. The van der Waals surface area contributed by atoms with E-state index in [0.717, 1.165) is 6.08 Å². The van der Waals surface area contributed by atoms with E-state index in [2.05, 4.69) is 0 Å². The molecule has 94 valence electrons. The van der Waals surface area contributed by atoms with Gasteiger partial charge in [0.25, 0.3) is 20.2 Å². The van der Waals surface area contributed by atoms with E-state index < -0.39 is 26.0 Å². The summed E-state index contributed by atoms with van der Waals surface area (Å²) in [4.78, 5) is -0.348. The summed E-state index contributed by atoms with van der Waals surface area (Å²) in [5, 5.41) is 0. The number of hydrogen-bond acceptors (Lipinski definition) is 4. The second kappa shape index (κ2) is 5.58. The summed E-state index contributed by atoms with van der Waals surface area (Å²) in [6.45, 7) is 2.91. The summed E-state index contributed by atoms with van der Waals surface area (Å²) >= 11 is 0. The van der Waals surface area contributed by atoms with Crippen molar-refractivity contribution in [1.29, 1.82) is 0 Å². The van der Waals surface area contributed by atoms with Gasteiger partial charge in [-0.3, -0.25) is 9.11 Å². The molecule has 0 radical (unpaired) electrons. The van der Waals surface area contributed by atoms with Crippen LogP contribution in [0.15, 0.2) is 22.6 Å². The third-order valence-electron chi connectivity index (χ3n) is 1.83. The van der Waals surface area contributed by atoms with Crippen molar-refractivity contribution in [3.63, 3.8) is 0 Å². The Morgan fingerprint density at radius 1 is 1.06 bits per heavy atom. The summed E-state index contributed by atoms with van der Waals surface area (Å²) in [6, 6.07) is 0. The molecule has 0 saturated heterocycles. The molecular weight excluding hydrogens is 256 g/mol. The molecule has 0 atom stereocenters. The molecule has 2 N–H and O–H groups in total. The summed E-state index contributed by atoms with van der Waals surface area (Å²) < 4.78 is 60.3. The summed E-state index contributed by atoms with van der Waals surface area (Å²) in [6.07, 6.45) is 2.34. The van der Waals surface area contributed by atoms with Crippen LogP contribution in [0.3, 0.4) is 0 Å². The first kappa shape index (κ1) is 15.3. The summed E-state index contributed by atoms with van der Waals surface area (Å²) in [5.74, 6) is -0.598. The van der Waals surface area contributed by atoms with Crippen molar-refractivity contribution in [2.45, 2.75) is 20.3 Å². The van der Waals surface area contributed by atoms with E-state index in [-0.39, 0.29) is 16.9 Å². The first-order valence-corrected chi connectivity index (χ1v) is 7.41. The first-order valence-electron chi connectivity index (χ1n) is 4.36. The van der Waals surface area contributed by atoms with Gasteiger partial charge in [0.15, 0.2) is 0 Å². The fraction of sp³-hybridized carbons (Fsp3) is 0.500. The Labute approximate surface area is 95.2 Å². The van der Waals surface area contributed by atoms with Crippen LogP contribution in [0.5, 0.6) is 0 Å². The van der Waals surface area contributed by atoms with Crippen molar-refractivity contribution >= 4 is 20.2 Å². The third-order valence-corrected chi connectivity index (χ3v) is 3.61. The predicted octanol–water partition coefficient (Wildman–Crippen LogP) is 1.00. The highest BCUT2D eigenvalue weighted by molar-refractivity contribution is 7.90. The second-order valence-corrected chi connectivity index (χ2v) is 5.94. The Bertz CT molecular complexity index is 495. The molecule has 0 bridgehead atoms. The molecule has 0 aromatic heterocycles. The molecule has 8 heteroatoms. The molecule has 0 rings (SSSR count). The minimum absolute atomic E-state index is 0.141. The number of allylic oxidation sites excluding steroid dienone is 3. The monoisotopic (exact) mass is 270 g/mol. The van der Waals surface area contributed by atoms with Crippen molar-refractivity contribution in [3.8, 4) is 0 Å². The summed E-state index contributed by atoms with van der Waals surface area (Å²) in [7, 11) is -8.54. The fourth-order valence-corrected chi connectivity index (χ4v) is 2.48. The van der Waals surface area contributed by atoms with E-state index in [4.69, 9.17) is 9.11 Å². The lowest BCUT2D eigenvalue weighted by Crippen LogP contribution is -2.10. The quantitative estimate of drug-likeness (QED) is 0.570. The molecule has 0 aliphatic carbocycles. The van der Waals surface area contributed by atoms with E-state index in [1.165, 1.54) is 19.9 Å². The van der Waals surface area contributed by atoms with Crippen LogP contribution in [0.25, 0.3) is 0 Å². The van der Waals surface area contributed by atoms with E-state index in [1.807, 2.05) is 0 Å². The lowest BCUT2D eigenvalue weighted by molar-refractivity contribution is 0.480. The Kier molecular flexibility index (Phi) is 5.33. The minimum atomic E-state index is -4.38. The van der Waals surface area contributed by atoms with E-state index in [1.54, 1.807) is 0 Å². The van der Waals surface area contributed by atoms with Crippen molar-refractivity contribution in [2.24, 2.45) is 0 Å². The molecule has 0 aromatic rings. The zero-order valence-corrected chi connectivity index (χ0v) is 10.5. The van der Waals surface area contributed by atoms with Crippen LogP contribution in [0.2, 0.25) is 0 Å². The van der Waals surface area contributed by atoms with Gasteiger partial charge in [-0.1, -0.05) is 12.2 Å². The summed E-state index contributed by atoms with van der Waals surface area (Å²) in [5.41, 5.74) is 0.141. The molecule has 0 fully saturated rings. The highest BCUT2D eigenvalue weighted by Gasteiger charge is 2.18. The average Bonchev–Trinajstić information content (AvgIpc) is 2.08. The van der Waals surface area contributed by atoms with E-state index in [9.17, 15) is 16.8 Å². The van der Waals surface area contributed by atoms with Crippen molar-refractivity contribution in [1.82, 2.24) is 0 Å². The van der Waals surface area contributed by atoms with Crippen LogP contribution >= 0.6 is 0 Å². The standard InChI is InChI=1S/C8H14O6S2/c1-3-7(5-6-15(9,10)11)8(4-2)16(12,13)14/h3-4H,5-6H2,1-2H3,(H,9,10,11)(H,12,13,14). The predicted molar refractivity (Wildman–Crippen MR) is 60.1 cm³/mol. The van der Waals surface area contributed by atoms with Gasteiger partial charge in [0.05, 0.1) is 10.7 Å². The lowest BCUT2D eigenvalue weighted by Gasteiger charge is -2.07. The zero-order valence-electron chi connectivity index (χ0n) is 8.91. The molecule has 16 heavy (non-hydrogen) atoms. The maximum atomic E-state index is 10.9. The SMILES string of the molecule is CC=C(CCS(=O)(=O)O)C(=CC)S(=O)(=O)O. The second-order valence-electron chi connectivity index (χ2n) is 2.98. The highest BCUT2D eigenvalue weighted by Crippen LogP contribution is 2.19. The van der Waals surface area contributed by atoms with Crippen LogP contribution in [0, 0.1) is 0 Å². The molecular formula is C8H14O6S2. The molecule has 0 aromatic carbocycles. The molecule has 0 aliphatic rings. The topological polar surface area (TPSA) is 109 Å². The van der Waals surface area contributed by atoms with Gasteiger partial charge in [-0.15, -0.1) is 0 Å². The van der Waals surface area contributed by atoms with Crippen LogP contribution in [0.4, 0.5) is 0 Å². The largest absolute Gasteiger partial charge is 0.294 e. The van der Waals surface area contributed by atoms with Crippen molar-refractivity contribution < 1.29 is 25.9 Å². The lowest BCUT2D eigenvalue weighted by atomic mass is 10.2. The van der Waals surface area contributed by atoms with Crippen LogP contribution in [0.1, 0.15) is 20.3 Å². The van der Waals surface area contributed by atoms with Crippen molar-refractivity contribution in [3.05, 3.63) is 22.6 Å². The van der Waals surface area contributed by atoms with Gasteiger partial charge in [-0.2, -0.15) is 16.8 Å². The minimum Gasteiger partial charge on any atom is -0.286 e. The maximum Gasteiger partial charge on any atom is 0.294 e. The van der Waals surface area contributed by atoms with Gasteiger partial charge in [-0.25, -0.2) is 0 Å². The number of rotatable bonds is 5. The van der Waals surface area contributed by atoms with Crippen LogP contribution in [-0.4, -0.2) is 31.7 Å². The molecule has 0 amide bonds. The van der Waals surface area contributed by atoms with Gasteiger partial charge in [0, 0.05) is 0 Å². The zero-order chi connectivity index (χ0) is 13.0. The van der Waals surface area contributed by atoms with Gasteiger partial charge < -0.3 is 0 Å². The van der Waals surface area contributed by atoms with Gasteiger partial charge in [0.1, 0.15) is 0 Å². The maximum absolute atomic E-state index is 10.9. The molecule has 0 spiro atoms. The van der Waals surface area contributed by atoms with Crippen LogP contribution in [-0.2, 0) is 20.2 Å². The Balaban J connectivity index is 5.06. The molecule has 6 nitrogen and oxygen atoms in total. The smallest absolute Gasteiger partial charge is 0.286 e. The van der Waals surface area contributed by atoms with Crippen molar-refractivity contribution in [2.75, 3.05) is 5.75 Å². The van der Waals surface area contributed by atoms with E-state index in [0.29, 0.717) is 0 Å². The van der Waals surface area contributed by atoms with E-state index >= 15 is 0 Å². The normalized spacial score (nSPS) is 15.2. The Morgan fingerprint density at radius 2 is 1.56 bits per heavy atom. The molecule has 0 unspecified atom stereocenters. The number of hydrogen-bond donors (Lipinski definition) is 2. The van der Waals surface area contributed by atoms with Gasteiger partial charge in [0.2, 0.25) is 0 Å².